The van der Waals surface area contributed by atoms with Crippen molar-refractivity contribution in [2.45, 2.75) is 6.85 Å². The molecule has 0 bridgehead atoms. The van der Waals surface area contributed by atoms with Crippen molar-refractivity contribution in [3.8, 4) is 61.3 Å². The van der Waals surface area contributed by atoms with Crippen LogP contribution in [0.25, 0.3) is 89.2 Å². The molecule has 53 heavy (non-hydrogen) atoms. The third-order valence-corrected chi connectivity index (χ3v) is 10.2. The maximum Gasteiger partial charge on any atom is 0.220 e. The second kappa shape index (κ2) is 12.7. The lowest BCUT2D eigenvalue weighted by molar-refractivity contribution is 1.11. The number of rotatable bonds is 6. The normalized spacial score (nSPS) is 12.6. The molecule has 0 amide bonds. The highest BCUT2D eigenvalue weighted by atomic mass is 15.2. The molecule has 0 N–H and O–H groups in total. The van der Waals surface area contributed by atoms with Crippen molar-refractivity contribution in [1.82, 2.24) is 14.0 Å². The average molecular weight is 681 g/mol. The van der Waals surface area contributed by atoms with Gasteiger partial charge in [0.05, 0.1) is 22.1 Å². The van der Waals surface area contributed by atoms with Crippen LogP contribution < -0.4 is 0 Å². The van der Waals surface area contributed by atoms with E-state index in [9.17, 15) is 0 Å². The van der Waals surface area contributed by atoms with Crippen molar-refractivity contribution in [3.63, 3.8) is 0 Å². The van der Waals surface area contributed by atoms with Crippen LogP contribution in [0.4, 0.5) is 0 Å². The van der Waals surface area contributed by atoms with Crippen LogP contribution >= 0.6 is 0 Å². The van der Waals surface area contributed by atoms with E-state index < -0.39 is 6.85 Å². The molecule has 0 radical (unpaired) electrons. The largest absolute Gasteiger partial charge is 0.278 e. The zero-order valence-electron chi connectivity index (χ0n) is 31.8. The summed E-state index contributed by atoms with van der Waals surface area (Å²) in [5.41, 5.74) is 15.6. The van der Waals surface area contributed by atoms with E-state index in [1.54, 1.807) is 6.07 Å². The minimum atomic E-state index is -2.30. The number of para-hydroxylation sites is 3. The first-order chi connectivity index (χ1) is 27.5. The number of aromatic nitrogens is 3. The van der Waals surface area contributed by atoms with Crippen molar-refractivity contribution < 1.29 is 4.11 Å². The molecule has 0 atom stereocenters. The van der Waals surface area contributed by atoms with Crippen molar-refractivity contribution in [1.29, 1.82) is 0 Å². The van der Waals surface area contributed by atoms with Gasteiger partial charge in [0.15, 0.2) is 0 Å². The van der Waals surface area contributed by atoms with Gasteiger partial charge in [-0.15, -0.1) is 0 Å². The molecule has 10 aromatic rings. The van der Waals surface area contributed by atoms with Gasteiger partial charge in [0.1, 0.15) is 0 Å². The molecule has 3 nitrogen and oxygen atoms in total. The van der Waals surface area contributed by atoms with Crippen LogP contribution in [0.5, 0.6) is 0 Å². The van der Waals surface area contributed by atoms with Crippen LogP contribution in [0, 0.1) is 6.85 Å². The highest BCUT2D eigenvalue weighted by Crippen LogP contribution is 2.50. The first-order valence-corrected chi connectivity index (χ1v) is 17.9. The number of benzene rings is 8. The predicted molar refractivity (Wildman–Crippen MR) is 221 cm³/mol. The van der Waals surface area contributed by atoms with Crippen LogP contribution in [-0.4, -0.2) is 14.0 Å². The van der Waals surface area contributed by atoms with Crippen LogP contribution in [0.1, 0.15) is 9.68 Å². The second-order valence-corrected chi connectivity index (χ2v) is 13.4. The SMILES string of the molecule is [2H]C([2H])([2H])c1cccc2c1nc1n(-c3cccc(-c4c(-c5ccccc5)c(-c5ccccc5)cc(-c5ccccc5)c4-c4ccccc4)c3)c3ccccc3n21. The Kier molecular flexibility index (Phi) is 6.62. The van der Waals surface area contributed by atoms with Gasteiger partial charge in [0.2, 0.25) is 5.78 Å². The molecule has 250 valence electrons. The van der Waals surface area contributed by atoms with E-state index >= 15 is 0 Å². The molecular weight excluding hydrogens is 643 g/mol. The second-order valence-electron chi connectivity index (χ2n) is 13.4. The van der Waals surface area contributed by atoms with Gasteiger partial charge in [0, 0.05) is 9.80 Å². The summed E-state index contributed by atoms with van der Waals surface area (Å²) >= 11 is 0. The summed E-state index contributed by atoms with van der Waals surface area (Å²) in [5, 5.41) is 0. The van der Waals surface area contributed by atoms with Gasteiger partial charge < -0.3 is 0 Å². The van der Waals surface area contributed by atoms with Crippen molar-refractivity contribution in [3.05, 3.63) is 200 Å². The van der Waals surface area contributed by atoms with Gasteiger partial charge in [-0.1, -0.05) is 158 Å². The summed E-state index contributed by atoms with van der Waals surface area (Å²) in [6, 6.07) is 67.4. The van der Waals surface area contributed by atoms with Gasteiger partial charge in [0.25, 0.3) is 0 Å². The van der Waals surface area contributed by atoms with Crippen LogP contribution in [0.3, 0.4) is 0 Å². The Labute approximate surface area is 312 Å². The third kappa shape index (κ3) is 5.09. The van der Waals surface area contributed by atoms with E-state index in [-0.39, 0.29) is 5.56 Å². The summed E-state index contributed by atoms with van der Waals surface area (Å²) in [4.78, 5) is 5.10. The maximum absolute atomic E-state index is 8.30. The molecule has 8 aromatic carbocycles. The fourth-order valence-corrected chi connectivity index (χ4v) is 7.95. The first-order valence-electron chi connectivity index (χ1n) is 19.4. The minimum Gasteiger partial charge on any atom is -0.278 e. The molecule has 0 aliphatic carbocycles. The van der Waals surface area contributed by atoms with E-state index in [1.165, 1.54) is 0 Å². The Morgan fingerprint density at radius 1 is 0.415 bits per heavy atom. The van der Waals surface area contributed by atoms with Crippen molar-refractivity contribution in [2.75, 3.05) is 0 Å². The van der Waals surface area contributed by atoms with Crippen LogP contribution in [0.15, 0.2) is 194 Å². The molecule has 0 aliphatic heterocycles. The fraction of sp³-hybridized carbons (Fsp3) is 0.0200. The summed E-state index contributed by atoms with van der Waals surface area (Å²) in [5.74, 6) is 0.657. The van der Waals surface area contributed by atoms with E-state index in [4.69, 9.17) is 9.10 Å². The predicted octanol–water partition coefficient (Wildman–Crippen LogP) is 13.1. The topological polar surface area (TPSA) is 22.2 Å². The number of hydrogen-bond donors (Lipinski definition) is 0. The molecule has 0 saturated carbocycles. The molecule has 0 aliphatic rings. The number of hydrogen-bond acceptors (Lipinski definition) is 1. The highest BCUT2D eigenvalue weighted by molar-refractivity contribution is 6.07. The smallest absolute Gasteiger partial charge is 0.220 e. The Hall–Kier alpha value is -6.97. The fourth-order valence-electron chi connectivity index (χ4n) is 7.95. The lowest BCUT2D eigenvalue weighted by atomic mass is 9.79. The summed E-state index contributed by atoms with van der Waals surface area (Å²) in [7, 11) is 0. The van der Waals surface area contributed by atoms with Gasteiger partial charge in [-0.05, 0) is 104 Å². The van der Waals surface area contributed by atoms with Gasteiger partial charge in [-0.2, -0.15) is 0 Å². The first kappa shape index (κ1) is 27.7. The zero-order chi connectivity index (χ0) is 37.8. The molecule has 3 heteroatoms. The standard InChI is InChI=1S/C50H35N3/c1-34-18-16-31-45-49(34)51-50-52(43-29-14-15-30-44(43)53(45)50)40-28-17-27-39(32-40)48-46(37-23-10-4-11-24-37)41(35-19-6-2-7-20-35)33-42(36-21-8-3-9-22-36)47(48)38-25-12-5-13-26-38/h2-33H,1H3/i1D3. The maximum atomic E-state index is 8.30. The Morgan fingerprint density at radius 3 is 1.49 bits per heavy atom. The molecule has 2 aromatic heterocycles. The molecule has 2 heterocycles. The molecule has 0 spiro atoms. The number of imidazole rings is 2. The van der Waals surface area contributed by atoms with Crippen molar-refractivity contribution in [2.24, 2.45) is 0 Å². The van der Waals surface area contributed by atoms with E-state index in [1.807, 2.05) is 24.3 Å². The van der Waals surface area contributed by atoms with Crippen LogP contribution in [0.2, 0.25) is 0 Å². The molecule has 0 fully saturated rings. The lowest BCUT2D eigenvalue weighted by Gasteiger charge is -2.25. The molecule has 0 unspecified atom stereocenters. The van der Waals surface area contributed by atoms with Gasteiger partial charge in [-0.3, -0.25) is 8.97 Å². The van der Waals surface area contributed by atoms with Crippen molar-refractivity contribution >= 4 is 27.8 Å². The van der Waals surface area contributed by atoms with Crippen LogP contribution in [-0.2, 0) is 0 Å². The summed E-state index contributed by atoms with van der Waals surface area (Å²) in [6.45, 7) is -2.30. The van der Waals surface area contributed by atoms with Gasteiger partial charge in [-0.25, -0.2) is 4.98 Å². The quantitative estimate of drug-likeness (QED) is 0.171. The Morgan fingerprint density at radius 2 is 0.906 bits per heavy atom. The lowest BCUT2D eigenvalue weighted by Crippen LogP contribution is -2.00. The van der Waals surface area contributed by atoms with E-state index in [0.29, 0.717) is 11.3 Å². The summed E-state index contributed by atoms with van der Waals surface area (Å²) in [6.07, 6.45) is 0. The molecule has 0 saturated heterocycles. The Balaban J connectivity index is 1.34. The Bertz CT molecular complexity index is 2940. The number of nitrogens with zero attached hydrogens (tertiary/aromatic N) is 3. The highest BCUT2D eigenvalue weighted by Gasteiger charge is 2.25. The average Bonchev–Trinajstić information content (AvgIpc) is 3.78. The van der Waals surface area contributed by atoms with Gasteiger partial charge >= 0.3 is 0 Å². The zero-order valence-corrected chi connectivity index (χ0v) is 28.8. The van der Waals surface area contributed by atoms with E-state index in [0.717, 1.165) is 77.9 Å². The third-order valence-electron chi connectivity index (χ3n) is 10.2. The number of fused-ring (bicyclic) bond motifs is 5. The summed E-state index contributed by atoms with van der Waals surface area (Å²) < 4.78 is 29.2. The minimum absolute atomic E-state index is 0.245. The molecular formula is C50H35N3. The number of aryl methyl sites for hydroxylation is 1. The van der Waals surface area contributed by atoms with E-state index in [2.05, 4.69) is 173 Å². The molecule has 10 rings (SSSR count). The monoisotopic (exact) mass is 680 g/mol.